The van der Waals surface area contributed by atoms with Gasteiger partial charge >= 0.3 is 0 Å². The van der Waals surface area contributed by atoms with E-state index in [0.29, 0.717) is 10.7 Å². The molecule has 2 amide bonds. The summed E-state index contributed by atoms with van der Waals surface area (Å²) in [4.78, 5) is 29.4. The first-order chi connectivity index (χ1) is 20.1. The van der Waals surface area contributed by atoms with Crippen molar-refractivity contribution in [1.29, 1.82) is 0 Å². The van der Waals surface area contributed by atoms with E-state index in [1.807, 2.05) is 74.5 Å². The number of rotatable bonds is 12. The van der Waals surface area contributed by atoms with Crippen molar-refractivity contribution in [3.63, 3.8) is 0 Å². The highest BCUT2D eigenvalue weighted by atomic mass is 35.5. The number of nitrogens with zero attached hydrogens (tertiary/aromatic N) is 2. The van der Waals surface area contributed by atoms with Gasteiger partial charge in [-0.15, -0.1) is 0 Å². The van der Waals surface area contributed by atoms with Crippen molar-refractivity contribution in [3.05, 3.63) is 131 Å². The molecule has 42 heavy (non-hydrogen) atoms. The largest absolute Gasteiger partial charge is 0.352 e. The molecule has 0 aliphatic carbocycles. The van der Waals surface area contributed by atoms with Crippen LogP contribution in [0.1, 0.15) is 25.0 Å². The second-order valence-electron chi connectivity index (χ2n) is 10.2. The van der Waals surface area contributed by atoms with Gasteiger partial charge in [-0.05, 0) is 61.4 Å². The van der Waals surface area contributed by atoms with Gasteiger partial charge < -0.3 is 10.2 Å². The highest BCUT2D eigenvalue weighted by Gasteiger charge is 2.34. The van der Waals surface area contributed by atoms with Crippen LogP contribution in [-0.2, 0) is 32.6 Å². The van der Waals surface area contributed by atoms with Gasteiger partial charge in [-0.25, -0.2) is 8.42 Å². The molecule has 1 atom stereocenters. The van der Waals surface area contributed by atoms with Gasteiger partial charge in [-0.1, -0.05) is 90.5 Å². The molecular formula is C33H34ClN3O4S. The lowest BCUT2D eigenvalue weighted by Crippen LogP contribution is -2.54. The number of sulfonamides is 1. The third-order valence-electron chi connectivity index (χ3n) is 6.62. The molecular weight excluding hydrogens is 570 g/mol. The van der Waals surface area contributed by atoms with Gasteiger partial charge in [0.25, 0.3) is 10.0 Å². The predicted molar refractivity (Wildman–Crippen MR) is 167 cm³/mol. The molecule has 9 heteroatoms. The summed E-state index contributed by atoms with van der Waals surface area (Å²) in [6.45, 7) is 3.32. The van der Waals surface area contributed by atoms with E-state index in [0.717, 1.165) is 15.4 Å². The molecule has 0 radical (unpaired) electrons. The molecule has 0 aliphatic heterocycles. The molecule has 218 valence electrons. The lowest BCUT2D eigenvalue weighted by Gasteiger charge is -2.34. The Kier molecular flexibility index (Phi) is 10.4. The predicted octanol–water partition coefficient (Wildman–Crippen LogP) is 5.70. The van der Waals surface area contributed by atoms with Gasteiger partial charge in [0.1, 0.15) is 12.6 Å². The number of nitrogens with one attached hydrogen (secondary N) is 1. The number of halogens is 1. The second-order valence-corrected chi connectivity index (χ2v) is 12.5. The van der Waals surface area contributed by atoms with Crippen molar-refractivity contribution in [1.82, 2.24) is 10.2 Å². The molecule has 0 aromatic heterocycles. The summed E-state index contributed by atoms with van der Waals surface area (Å²) in [5, 5.41) is 3.35. The van der Waals surface area contributed by atoms with Crippen LogP contribution >= 0.6 is 11.6 Å². The molecule has 0 bridgehead atoms. The molecule has 4 aromatic carbocycles. The van der Waals surface area contributed by atoms with Crippen molar-refractivity contribution >= 4 is 39.1 Å². The SMILES string of the molecule is CC(C)NC(=O)[C@H](Cc1ccccc1)N(Cc1ccccc1)C(=O)CN(c1ccccc1)S(=O)(=O)c1ccc(Cl)cc1. The van der Waals surface area contributed by atoms with E-state index in [-0.39, 0.29) is 29.8 Å². The molecule has 0 spiro atoms. The number of anilines is 1. The van der Waals surface area contributed by atoms with Crippen molar-refractivity contribution in [3.8, 4) is 0 Å². The molecule has 0 unspecified atom stereocenters. The fourth-order valence-electron chi connectivity index (χ4n) is 4.57. The third-order valence-corrected chi connectivity index (χ3v) is 8.66. The van der Waals surface area contributed by atoms with Crippen LogP contribution in [0.5, 0.6) is 0 Å². The zero-order valence-corrected chi connectivity index (χ0v) is 25.1. The Morgan fingerprint density at radius 2 is 1.29 bits per heavy atom. The van der Waals surface area contributed by atoms with Gasteiger partial charge in [-0.3, -0.25) is 13.9 Å². The maximum absolute atomic E-state index is 14.3. The van der Waals surface area contributed by atoms with Crippen LogP contribution in [0.3, 0.4) is 0 Å². The summed E-state index contributed by atoms with van der Waals surface area (Å²) in [5.41, 5.74) is 2.01. The van der Waals surface area contributed by atoms with E-state index in [1.54, 1.807) is 30.3 Å². The minimum atomic E-state index is -4.17. The second kappa shape index (κ2) is 14.2. The van der Waals surface area contributed by atoms with Gasteiger partial charge in [-0.2, -0.15) is 0 Å². The molecule has 0 saturated heterocycles. The van der Waals surface area contributed by atoms with E-state index in [4.69, 9.17) is 11.6 Å². The van der Waals surface area contributed by atoms with Crippen molar-refractivity contribution < 1.29 is 18.0 Å². The quantitative estimate of drug-likeness (QED) is 0.225. The highest BCUT2D eigenvalue weighted by molar-refractivity contribution is 7.92. The zero-order valence-electron chi connectivity index (χ0n) is 23.6. The minimum Gasteiger partial charge on any atom is -0.352 e. The van der Waals surface area contributed by atoms with Crippen molar-refractivity contribution in [2.24, 2.45) is 0 Å². The molecule has 0 fully saturated rings. The number of hydrogen-bond acceptors (Lipinski definition) is 4. The molecule has 0 saturated carbocycles. The van der Waals surface area contributed by atoms with Crippen LogP contribution in [0, 0.1) is 0 Å². The molecule has 7 nitrogen and oxygen atoms in total. The monoisotopic (exact) mass is 603 g/mol. The number of carbonyl (C=O) groups excluding carboxylic acids is 2. The van der Waals surface area contributed by atoms with Crippen LogP contribution in [0.15, 0.2) is 120 Å². The Hall–Kier alpha value is -4.14. The summed E-state index contributed by atoms with van der Waals surface area (Å²) in [5.74, 6) is -0.829. The lowest BCUT2D eigenvalue weighted by atomic mass is 10.0. The van der Waals surface area contributed by atoms with Crippen LogP contribution in [0.4, 0.5) is 5.69 Å². The summed E-state index contributed by atoms with van der Waals surface area (Å²) in [6.07, 6.45) is 0.257. The average molecular weight is 604 g/mol. The fourth-order valence-corrected chi connectivity index (χ4v) is 6.11. The number of amides is 2. The van der Waals surface area contributed by atoms with Crippen molar-refractivity contribution in [2.45, 2.75) is 43.8 Å². The third kappa shape index (κ3) is 7.99. The van der Waals surface area contributed by atoms with Gasteiger partial charge in [0.05, 0.1) is 10.6 Å². The maximum atomic E-state index is 14.3. The topological polar surface area (TPSA) is 86.8 Å². The summed E-state index contributed by atoms with van der Waals surface area (Å²) in [6, 6.07) is 32.0. The Morgan fingerprint density at radius 3 is 1.83 bits per heavy atom. The maximum Gasteiger partial charge on any atom is 0.264 e. The van der Waals surface area contributed by atoms with Crippen LogP contribution in [0.2, 0.25) is 5.02 Å². The Labute approximate surface area is 252 Å². The highest BCUT2D eigenvalue weighted by Crippen LogP contribution is 2.26. The first-order valence-electron chi connectivity index (χ1n) is 13.7. The van der Waals surface area contributed by atoms with Gasteiger partial charge in [0, 0.05) is 24.0 Å². The van der Waals surface area contributed by atoms with Crippen LogP contribution < -0.4 is 9.62 Å². The molecule has 4 rings (SSSR count). The van der Waals surface area contributed by atoms with E-state index < -0.39 is 28.5 Å². The van der Waals surface area contributed by atoms with E-state index in [9.17, 15) is 18.0 Å². The summed E-state index contributed by atoms with van der Waals surface area (Å²) < 4.78 is 28.9. The Balaban J connectivity index is 1.77. The lowest BCUT2D eigenvalue weighted by molar-refractivity contribution is -0.140. The first-order valence-corrected chi connectivity index (χ1v) is 15.5. The van der Waals surface area contributed by atoms with E-state index in [2.05, 4.69) is 5.32 Å². The molecule has 1 N–H and O–H groups in total. The standard InChI is InChI=1S/C33H34ClN3O4S/c1-25(2)35-33(39)31(22-26-12-6-3-7-13-26)36(23-27-14-8-4-9-15-27)32(38)24-37(29-16-10-5-11-17-29)42(40,41)30-20-18-28(34)19-21-30/h3-21,25,31H,22-24H2,1-2H3,(H,35,39)/t31-/m0/s1. The van der Waals surface area contributed by atoms with Crippen LogP contribution in [-0.4, -0.2) is 43.8 Å². The number of benzene rings is 4. The van der Waals surface area contributed by atoms with E-state index >= 15 is 0 Å². The Bertz CT molecular complexity index is 1570. The zero-order chi connectivity index (χ0) is 30.1. The number of hydrogen-bond donors (Lipinski definition) is 1. The van der Waals surface area contributed by atoms with Crippen molar-refractivity contribution in [2.75, 3.05) is 10.8 Å². The molecule has 0 heterocycles. The Morgan fingerprint density at radius 1 is 0.762 bits per heavy atom. The summed E-state index contributed by atoms with van der Waals surface area (Å²) in [7, 11) is -4.17. The number of carbonyl (C=O) groups is 2. The van der Waals surface area contributed by atoms with Gasteiger partial charge in [0.2, 0.25) is 11.8 Å². The fraction of sp³-hybridized carbons (Fsp3) is 0.212. The van der Waals surface area contributed by atoms with E-state index in [1.165, 1.54) is 29.2 Å². The van der Waals surface area contributed by atoms with Gasteiger partial charge in [0.15, 0.2) is 0 Å². The number of para-hydroxylation sites is 1. The smallest absolute Gasteiger partial charge is 0.264 e. The molecule has 0 aliphatic rings. The van der Waals surface area contributed by atoms with Crippen LogP contribution in [0.25, 0.3) is 0 Å². The summed E-state index contributed by atoms with van der Waals surface area (Å²) >= 11 is 6.02. The average Bonchev–Trinajstić information content (AvgIpc) is 2.99. The first kappa shape index (κ1) is 30.8. The minimum absolute atomic E-state index is 0.00320. The molecule has 4 aromatic rings. The normalized spacial score (nSPS) is 12.0.